The van der Waals surface area contributed by atoms with Gasteiger partial charge >= 0.3 is 7.12 Å². The summed E-state index contributed by atoms with van der Waals surface area (Å²) in [5.74, 6) is 0. The summed E-state index contributed by atoms with van der Waals surface area (Å²) < 4.78 is 22.4. The largest absolute Gasteiger partial charge is 0.498 e. The van der Waals surface area contributed by atoms with Crippen molar-refractivity contribution in [1.29, 1.82) is 0 Å². The van der Waals surface area contributed by atoms with E-state index in [0.717, 1.165) is 29.1 Å². The lowest BCUT2D eigenvalue weighted by Gasteiger charge is -2.32. The fourth-order valence-electron chi connectivity index (χ4n) is 3.51. The van der Waals surface area contributed by atoms with Crippen molar-refractivity contribution in [3.05, 3.63) is 28.7 Å². The molecule has 0 spiro atoms. The molecule has 8 heteroatoms. The minimum atomic E-state index is -1.14. The Morgan fingerprint density at radius 2 is 1.72 bits per heavy atom. The summed E-state index contributed by atoms with van der Waals surface area (Å²) in [6.07, 6.45) is 2.02. The van der Waals surface area contributed by atoms with Crippen LogP contribution < -0.4 is 11.0 Å². The SMILES string of the molecule is CCn1c(=O)ccc2c1c(B1OC(C)(C)C(C)(C)O1)cn2COCC[Si](C)(C)C. The number of aryl methyl sites for hydroxylation is 1. The van der Waals surface area contributed by atoms with E-state index in [0.29, 0.717) is 13.3 Å². The van der Waals surface area contributed by atoms with Crippen molar-refractivity contribution in [2.24, 2.45) is 0 Å². The zero-order chi connectivity index (χ0) is 21.6. The van der Waals surface area contributed by atoms with Crippen LogP contribution in [0.1, 0.15) is 34.6 Å². The molecule has 29 heavy (non-hydrogen) atoms. The Kier molecular flexibility index (Phi) is 5.95. The standard InChI is InChI=1S/C21H35BN2O4Si/c1-9-24-18(25)11-10-17-19(24)16(22-27-20(2,3)21(4,5)28-22)14-23(17)15-26-12-13-29(6,7)8/h10-11,14H,9,12-13,15H2,1-8H3. The molecule has 2 aromatic heterocycles. The Bertz CT molecular complexity index is 927. The van der Waals surface area contributed by atoms with Crippen molar-refractivity contribution >= 4 is 31.7 Å². The van der Waals surface area contributed by atoms with Crippen molar-refractivity contribution in [3.63, 3.8) is 0 Å². The highest BCUT2D eigenvalue weighted by Crippen LogP contribution is 2.37. The predicted molar refractivity (Wildman–Crippen MR) is 122 cm³/mol. The minimum Gasteiger partial charge on any atom is -0.399 e. The number of hydrogen-bond donors (Lipinski definition) is 0. The van der Waals surface area contributed by atoms with E-state index in [9.17, 15) is 4.79 Å². The molecule has 0 aromatic carbocycles. The van der Waals surface area contributed by atoms with Crippen LogP contribution in [-0.2, 0) is 27.3 Å². The molecule has 0 unspecified atom stereocenters. The lowest BCUT2D eigenvalue weighted by molar-refractivity contribution is 0.00578. The highest BCUT2D eigenvalue weighted by Gasteiger charge is 2.52. The van der Waals surface area contributed by atoms with Gasteiger partial charge in [-0.15, -0.1) is 0 Å². The number of rotatable bonds is 7. The second kappa shape index (κ2) is 7.72. The van der Waals surface area contributed by atoms with Gasteiger partial charge in [0.1, 0.15) is 6.73 Å². The van der Waals surface area contributed by atoms with Crippen LogP contribution in [0, 0.1) is 0 Å². The van der Waals surface area contributed by atoms with E-state index in [1.54, 1.807) is 10.6 Å². The van der Waals surface area contributed by atoms with Crippen LogP contribution in [0.4, 0.5) is 0 Å². The molecule has 1 saturated heterocycles. The van der Waals surface area contributed by atoms with Gasteiger partial charge in [0.2, 0.25) is 0 Å². The zero-order valence-electron chi connectivity index (χ0n) is 19.2. The van der Waals surface area contributed by atoms with Gasteiger partial charge in [0.05, 0.1) is 22.2 Å². The Balaban J connectivity index is 1.99. The van der Waals surface area contributed by atoms with Crippen molar-refractivity contribution < 1.29 is 14.0 Å². The van der Waals surface area contributed by atoms with Gasteiger partial charge in [0.25, 0.3) is 5.56 Å². The maximum atomic E-state index is 12.5. The van der Waals surface area contributed by atoms with Gasteiger partial charge in [0.15, 0.2) is 0 Å². The van der Waals surface area contributed by atoms with E-state index < -0.39 is 26.4 Å². The predicted octanol–water partition coefficient (Wildman–Crippen LogP) is 3.43. The fraction of sp³-hybridized carbons (Fsp3) is 0.667. The van der Waals surface area contributed by atoms with Crippen LogP contribution in [0.5, 0.6) is 0 Å². The van der Waals surface area contributed by atoms with Gasteiger partial charge in [-0.2, -0.15) is 0 Å². The Morgan fingerprint density at radius 3 is 2.28 bits per heavy atom. The summed E-state index contributed by atoms with van der Waals surface area (Å²) in [6, 6.07) is 4.62. The topological polar surface area (TPSA) is 54.6 Å². The van der Waals surface area contributed by atoms with Crippen molar-refractivity contribution in [3.8, 4) is 0 Å². The summed E-state index contributed by atoms with van der Waals surface area (Å²) in [5, 5.41) is 0. The molecule has 0 saturated carbocycles. The molecular formula is C21H35BN2O4Si. The molecule has 3 rings (SSSR count). The Labute approximate surface area is 175 Å². The third-order valence-electron chi connectivity index (χ3n) is 6.09. The monoisotopic (exact) mass is 418 g/mol. The summed E-state index contributed by atoms with van der Waals surface area (Å²) in [7, 11) is -1.66. The van der Waals surface area contributed by atoms with E-state index in [4.69, 9.17) is 14.0 Å². The third kappa shape index (κ3) is 4.40. The lowest BCUT2D eigenvalue weighted by atomic mass is 9.80. The minimum absolute atomic E-state index is 0.0184. The zero-order valence-corrected chi connectivity index (χ0v) is 20.2. The molecule has 0 radical (unpaired) electrons. The Morgan fingerprint density at radius 1 is 1.10 bits per heavy atom. The van der Waals surface area contributed by atoms with Crippen LogP contribution in [0.3, 0.4) is 0 Å². The molecule has 2 aromatic rings. The number of aromatic nitrogens is 2. The first kappa shape index (κ1) is 22.3. The van der Waals surface area contributed by atoms with E-state index in [-0.39, 0.29) is 5.56 Å². The van der Waals surface area contributed by atoms with Crippen LogP contribution >= 0.6 is 0 Å². The highest BCUT2D eigenvalue weighted by molar-refractivity contribution is 6.76. The lowest BCUT2D eigenvalue weighted by Crippen LogP contribution is -2.41. The van der Waals surface area contributed by atoms with Crippen LogP contribution in [0.15, 0.2) is 23.1 Å². The maximum absolute atomic E-state index is 12.5. The number of nitrogens with zero attached hydrogens (tertiary/aromatic N) is 2. The molecule has 0 N–H and O–H groups in total. The molecule has 160 valence electrons. The van der Waals surface area contributed by atoms with Gasteiger partial charge in [-0.1, -0.05) is 19.6 Å². The number of ether oxygens (including phenoxy) is 1. The fourth-order valence-corrected chi connectivity index (χ4v) is 4.26. The van der Waals surface area contributed by atoms with Gasteiger partial charge in [-0.05, 0) is 46.7 Å². The smallest absolute Gasteiger partial charge is 0.399 e. The first-order chi connectivity index (χ1) is 13.4. The molecule has 0 amide bonds. The second-order valence-corrected chi connectivity index (χ2v) is 15.8. The van der Waals surface area contributed by atoms with E-state index >= 15 is 0 Å². The van der Waals surface area contributed by atoms with Gasteiger partial charge in [-0.25, -0.2) is 0 Å². The molecule has 1 aliphatic rings. The van der Waals surface area contributed by atoms with Gasteiger partial charge in [-0.3, -0.25) is 4.79 Å². The average Bonchev–Trinajstić information content (AvgIpc) is 3.05. The van der Waals surface area contributed by atoms with Gasteiger partial charge in [0, 0.05) is 39.0 Å². The molecule has 1 aliphatic heterocycles. The third-order valence-corrected chi connectivity index (χ3v) is 7.79. The first-order valence-corrected chi connectivity index (χ1v) is 14.2. The summed E-state index contributed by atoms with van der Waals surface area (Å²) in [4.78, 5) is 12.5. The number of pyridine rings is 1. The quantitative estimate of drug-likeness (QED) is 0.511. The number of fused-ring (bicyclic) bond motifs is 1. The molecule has 0 aliphatic carbocycles. The normalized spacial score (nSPS) is 18.7. The molecular weight excluding hydrogens is 383 g/mol. The van der Waals surface area contributed by atoms with E-state index in [1.807, 2.05) is 46.9 Å². The number of hydrogen-bond acceptors (Lipinski definition) is 4. The molecule has 0 atom stereocenters. The molecule has 6 nitrogen and oxygen atoms in total. The molecule has 3 heterocycles. The van der Waals surface area contributed by atoms with Crippen molar-refractivity contribution in [1.82, 2.24) is 9.13 Å². The van der Waals surface area contributed by atoms with E-state index in [2.05, 4.69) is 24.2 Å². The van der Waals surface area contributed by atoms with Crippen LogP contribution in [0.25, 0.3) is 11.0 Å². The van der Waals surface area contributed by atoms with Crippen LogP contribution in [0.2, 0.25) is 25.7 Å². The van der Waals surface area contributed by atoms with Crippen LogP contribution in [-0.4, -0.2) is 42.1 Å². The maximum Gasteiger partial charge on any atom is 0.498 e. The summed E-state index contributed by atoms with van der Waals surface area (Å²) in [5.41, 5.74) is 1.82. The summed E-state index contributed by atoms with van der Waals surface area (Å²) >= 11 is 0. The molecule has 0 bridgehead atoms. The highest BCUT2D eigenvalue weighted by atomic mass is 28.3. The van der Waals surface area contributed by atoms with Crippen molar-refractivity contribution in [2.75, 3.05) is 6.61 Å². The van der Waals surface area contributed by atoms with Gasteiger partial charge < -0.3 is 23.2 Å². The molecule has 1 fully saturated rings. The second-order valence-electron chi connectivity index (χ2n) is 10.1. The summed E-state index contributed by atoms with van der Waals surface area (Å²) in [6.45, 7) is 19.0. The Hall–Kier alpha value is -1.35. The van der Waals surface area contributed by atoms with E-state index in [1.165, 1.54) is 0 Å². The first-order valence-electron chi connectivity index (χ1n) is 10.5. The van der Waals surface area contributed by atoms with Crippen molar-refractivity contribution in [2.45, 2.75) is 84.8 Å². The average molecular weight is 418 g/mol.